The Morgan fingerprint density at radius 2 is 2.31 bits per heavy atom. The average Bonchev–Trinajstić information content (AvgIpc) is 2.30. The van der Waals surface area contributed by atoms with E-state index in [4.69, 9.17) is 0 Å². The second-order valence-corrected chi connectivity index (χ2v) is 3.37. The number of hydrogen-bond acceptors (Lipinski definition) is 4. The Hall–Kier alpha value is -2.17. The Balaban J connectivity index is 1.87. The summed E-state index contributed by atoms with van der Waals surface area (Å²) in [5, 5.41) is 9.15. The van der Waals surface area contributed by atoms with Gasteiger partial charge in [0.1, 0.15) is 0 Å². The van der Waals surface area contributed by atoms with E-state index in [1.165, 1.54) is 6.07 Å². The maximum Gasteiger partial charge on any atom is 0.266 e. The fourth-order valence-corrected chi connectivity index (χ4v) is 1.37. The molecule has 5 nitrogen and oxygen atoms in total. The number of hydrogen-bond donors (Lipinski definition) is 2. The van der Waals surface area contributed by atoms with Crippen molar-refractivity contribution >= 4 is 5.69 Å². The van der Waals surface area contributed by atoms with Gasteiger partial charge >= 0.3 is 0 Å². The highest BCUT2D eigenvalue weighted by Crippen LogP contribution is 2.01. The summed E-state index contributed by atoms with van der Waals surface area (Å²) in [6, 6.07) is 5.41. The number of anilines is 1. The van der Waals surface area contributed by atoms with Crippen molar-refractivity contribution in [1.82, 2.24) is 15.2 Å². The molecule has 0 aromatic carbocycles. The molecule has 2 aromatic rings. The van der Waals surface area contributed by atoms with Gasteiger partial charge in [0, 0.05) is 25.0 Å². The second kappa shape index (κ2) is 5.06. The molecule has 0 unspecified atom stereocenters. The van der Waals surface area contributed by atoms with Gasteiger partial charge in [-0.3, -0.25) is 9.78 Å². The van der Waals surface area contributed by atoms with Crippen LogP contribution in [0, 0.1) is 0 Å². The zero-order valence-electron chi connectivity index (χ0n) is 8.68. The van der Waals surface area contributed by atoms with Gasteiger partial charge in [0.25, 0.3) is 5.56 Å². The maximum atomic E-state index is 11.0. The predicted octanol–water partition coefficient (Wildman–Crippen LogP) is 0.819. The Kier molecular flexibility index (Phi) is 3.28. The molecule has 0 saturated carbocycles. The SMILES string of the molecule is O=c1cc(NCCc2cccnc2)cn[nH]1. The minimum absolute atomic E-state index is 0.202. The number of nitrogens with one attached hydrogen (secondary N) is 2. The lowest BCUT2D eigenvalue weighted by atomic mass is 10.2. The van der Waals surface area contributed by atoms with Crippen LogP contribution in [0.2, 0.25) is 0 Å². The topological polar surface area (TPSA) is 70.7 Å². The smallest absolute Gasteiger partial charge is 0.266 e. The molecule has 0 aliphatic carbocycles. The van der Waals surface area contributed by atoms with Crippen LogP contribution in [-0.2, 0) is 6.42 Å². The molecule has 0 radical (unpaired) electrons. The van der Waals surface area contributed by atoms with E-state index in [0.717, 1.165) is 24.2 Å². The Labute approximate surface area is 92.6 Å². The summed E-state index contributed by atoms with van der Waals surface area (Å²) in [5.41, 5.74) is 1.69. The Morgan fingerprint density at radius 1 is 1.38 bits per heavy atom. The summed E-state index contributed by atoms with van der Waals surface area (Å²) in [6.07, 6.45) is 6.03. The molecule has 0 spiro atoms. The van der Waals surface area contributed by atoms with Gasteiger partial charge in [0.15, 0.2) is 0 Å². The van der Waals surface area contributed by atoms with Crippen molar-refractivity contribution in [2.45, 2.75) is 6.42 Å². The number of aromatic nitrogens is 3. The van der Waals surface area contributed by atoms with Gasteiger partial charge in [-0.2, -0.15) is 5.10 Å². The van der Waals surface area contributed by atoms with Crippen molar-refractivity contribution < 1.29 is 0 Å². The Bertz CT molecular complexity index is 495. The lowest BCUT2D eigenvalue weighted by Gasteiger charge is -2.04. The molecule has 5 heteroatoms. The van der Waals surface area contributed by atoms with E-state index in [1.807, 2.05) is 18.3 Å². The maximum absolute atomic E-state index is 11.0. The first-order valence-corrected chi connectivity index (χ1v) is 5.02. The molecule has 2 aromatic heterocycles. The molecule has 0 amide bonds. The Morgan fingerprint density at radius 3 is 3.06 bits per heavy atom. The first kappa shape index (κ1) is 10.4. The monoisotopic (exact) mass is 216 g/mol. The average molecular weight is 216 g/mol. The molecule has 0 fully saturated rings. The van der Waals surface area contributed by atoms with Crippen LogP contribution in [0.1, 0.15) is 5.56 Å². The van der Waals surface area contributed by atoms with Gasteiger partial charge in [-0.15, -0.1) is 0 Å². The number of H-pyrrole nitrogens is 1. The van der Waals surface area contributed by atoms with Crippen LogP contribution in [0.5, 0.6) is 0 Å². The van der Waals surface area contributed by atoms with E-state index in [1.54, 1.807) is 12.4 Å². The normalized spacial score (nSPS) is 10.0. The molecule has 2 rings (SSSR count). The molecule has 0 saturated heterocycles. The van der Waals surface area contributed by atoms with Crippen molar-refractivity contribution in [3.8, 4) is 0 Å². The standard InChI is InChI=1S/C11H12N4O/c16-11-6-10(8-14-15-11)13-5-3-9-2-1-4-12-7-9/h1-2,4,6-8H,3,5H2,(H2,13,15,16). The van der Waals surface area contributed by atoms with Crippen molar-refractivity contribution in [3.05, 3.63) is 52.7 Å². The van der Waals surface area contributed by atoms with Crippen LogP contribution in [0.25, 0.3) is 0 Å². The van der Waals surface area contributed by atoms with Crippen LogP contribution >= 0.6 is 0 Å². The van der Waals surface area contributed by atoms with Crippen molar-refractivity contribution in [3.63, 3.8) is 0 Å². The first-order chi connectivity index (χ1) is 7.84. The second-order valence-electron chi connectivity index (χ2n) is 3.37. The van der Waals surface area contributed by atoms with Crippen LogP contribution in [0.15, 0.2) is 41.6 Å². The van der Waals surface area contributed by atoms with Gasteiger partial charge in [-0.25, -0.2) is 5.10 Å². The summed E-state index contributed by atoms with van der Waals surface area (Å²) in [7, 11) is 0. The zero-order chi connectivity index (χ0) is 11.2. The summed E-state index contributed by atoms with van der Waals surface area (Å²) in [4.78, 5) is 15.0. The summed E-state index contributed by atoms with van der Waals surface area (Å²) in [6.45, 7) is 0.747. The third-order valence-corrected chi connectivity index (χ3v) is 2.13. The molecule has 82 valence electrons. The molecule has 16 heavy (non-hydrogen) atoms. The van der Waals surface area contributed by atoms with Gasteiger partial charge in [-0.1, -0.05) is 6.07 Å². The third-order valence-electron chi connectivity index (χ3n) is 2.13. The van der Waals surface area contributed by atoms with E-state index in [2.05, 4.69) is 20.5 Å². The van der Waals surface area contributed by atoms with Gasteiger partial charge in [-0.05, 0) is 18.1 Å². The summed E-state index contributed by atoms with van der Waals surface area (Å²) in [5.74, 6) is 0. The van der Waals surface area contributed by atoms with Gasteiger partial charge in [0.2, 0.25) is 0 Å². The van der Waals surface area contributed by atoms with Crippen molar-refractivity contribution in [2.24, 2.45) is 0 Å². The van der Waals surface area contributed by atoms with Gasteiger partial charge < -0.3 is 5.32 Å². The highest BCUT2D eigenvalue weighted by atomic mass is 16.1. The quantitative estimate of drug-likeness (QED) is 0.793. The fourth-order valence-electron chi connectivity index (χ4n) is 1.37. The number of nitrogens with zero attached hydrogens (tertiary/aromatic N) is 2. The largest absolute Gasteiger partial charge is 0.383 e. The minimum Gasteiger partial charge on any atom is -0.383 e. The van der Waals surface area contributed by atoms with Crippen molar-refractivity contribution in [1.29, 1.82) is 0 Å². The summed E-state index contributed by atoms with van der Waals surface area (Å²) >= 11 is 0. The molecule has 0 bridgehead atoms. The van der Waals surface area contributed by atoms with Crippen LogP contribution < -0.4 is 10.9 Å². The van der Waals surface area contributed by atoms with E-state index in [-0.39, 0.29) is 5.56 Å². The predicted molar refractivity (Wildman–Crippen MR) is 61.3 cm³/mol. The van der Waals surface area contributed by atoms with E-state index in [9.17, 15) is 4.79 Å². The van der Waals surface area contributed by atoms with E-state index < -0.39 is 0 Å². The van der Waals surface area contributed by atoms with Gasteiger partial charge in [0.05, 0.1) is 11.9 Å². The molecule has 0 aliphatic heterocycles. The third kappa shape index (κ3) is 2.91. The number of aromatic amines is 1. The molecule has 0 aliphatic rings. The minimum atomic E-state index is -0.202. The van der Waals surface area contributed by atoms with Crippen molar-refractivity contribution in [2.75, 3.05) is 11.9 Å². The number of rotatable bonds is 4. The highest BCUT2D eigenvalue weighted by Gasteiger charge is 1.94. The van der Waals surface area contributed by atoms with Crippen LogP contribution in [0.4, 0.5) is 5.69 Å². The lowest BCUT2D eigenvalue weighted by molar-refractivity contribution is 0.965. The molecular formula is C11H12N4O. The summed E-state index contributed by atoms with van der Waals surface area (Å²) < 4.78 is 0. The van der Waals surface area contributed by atoms with E-state index in [0.29, 0.717) is 0 Å². The first-order valence-electron chi connectivity index (χ1n) is 5.02. The lowest BCUT2D eigenvalue weighted by Crippen LogP contribution is -2.11. The fraction of sp³-hybridized carbons (Fsp3) is 0.182. The number of pyridine rings is 1. The zero-order valence-corrected chi connectivity index (χ0v) is 8.68. The molecule has 2 heterocycles. The van der Waals surface area contributed by atoms with E-state index >= 15 is 0 Å². The van der Waals surface area contributed by atoms with Crippen LogP contribution in [0.3, 0.4) is 0 Å². The molecule has 0 atom stereocenters. The molecular weight excluding hydrogens is 204 g/mol. The highest BCUT2D eigenvalue weighted by molar-refractivity contribution is 5.38. The molecule has 2 N–H and O–H groups in total. The van der Waals surface area contributed by atoms with Crippen LogP contribution in [-0.4, -0.2) is 21.7 Å².